The Kier molecular flexibility index (Phi) is 8.53. The number of benzene rings is 10. The Hall–Kier alpha value is -8.20. The predicted molar refractivity (Wildman–Crippen MR) is 262 cm³/mol. The lowest BCUT2D eigenvalue weighted by molar-refractivity contribution is 1.18. The lowest BCUT2D eigenvalue weighted by atomic mass is 9.99. The molecule has 62 heavy (non-hydrogen) atoms. The molecule has 2 heterocycles. The first-order valence-corrected chi connectivity index (χ1v) is 21.3. The monoisotopic (exact) mass is 788 g/mol. The Morgan fingerprint density at radius 2 is 0.484 bits per heavy atom. The third kappa shape index (κ3) is 6.12. The number of fused-ring (bicyclic) bond motifs is 6. The molecule has 0 aliphatic heterocycles. The minimum atomic E-state index is 1.15. The highest BCUT2D eigenvalue weighted by molar-refractivity contribution is 6.12. The first kappa shape index (κ1) is 35.7. The highest BCUT2D eigenvalue weighted by Gasteiger charge is 2.17. The van der Waals surface area contributed by atoms with E-state index in [4.69, 9.17) is 0 Å². The maximum Gasteiger partial charge on any atom is 0.0541 e. The summed E-state index contributed by atoms with van der Waals surface area (Å²) in [6.07, 6.45) is 0. The summed E-state index contributed by atoms with van der Waals surface area (Å²) in [6, 6.07) is 88.4. The van der Waals surface area contributed by atoms with Gasteiger partial charge in [-0.3, -0.25) is 0 Å². The van der Waals surface area contributed by atoms with Gasteiger partial charge < -0.3 is 9.13 Å². The minimum absolute atomic E-state index is 1.15. The van der Waals surface area contributed by atoms with Crippen LogP contribution in [0.3, 0.4) is 0 Å². The first-order chi connectivity index (χ1) is 30.7. The summed E-state index contributed by atoms with van der Waals surface area (Å²) >= 11 is 0. The van der Waals surface area contributed by atoms with Crippen LogP contribution >= 0.6 is 0 Å². The van der Waals surface area contributed by atoms with Crippen LogP contribution < -0.4 is 0 Å². The standard InChI is InChI=1S/C60H40N2/c1-3-14-41(15-4-1)43-28-30-44(31-29-43)47-20-12-22-51(37-47)61-57-26-9-7-24-53(57)55-39-49(32-34-59(55)61)50-33-35-60-56(40-50)54-25-8-10-27-58(54)62(60)52-23-13-21-48(38-52)46-19-11-18-45(36-46)42-16-5-2-6-17-42/h1-40H. The third-order valence-corrected chi connectivity index (χ3v) is 12.5. The van der Waals surface area contributed by atoms with Gasteiger partial charge in [0.15, 0.2) is 0 Å². The van der Waals surface area contributed by atoms with Gasteiger partial charge in [-0.15, -0.1) is 0 Å². The van der Waals surface area contributed by atoms with Crippen LogP contribution in [0.2, 0.25) is 0 Å². The van der Waals surface area contributed by atoms with Crippen LogP contribution in [0, 0.1) is 0 Å². The van der Waals surface area contributed by atoms with E-state index in [-0.39, 0.29) is 0 Å². The van der Waals surface area contributed by atoms with Crippen molar-refractivity contribution in [1.82, 2.24) is 9.13 Å². The van der Waals surface area contributed by atoms with Crippen molar-refractivity contribution in [3.63, 3.8) is 0 Å². The summed E-state index contributed by atoms with van der Waals surface area (Å²) in [6.45, 7) is 0. The number of hydrogen-bond acceptors (Lipinski definition) is 0. The summed E-state index contributed by atoms with van der Waals surface area (Å²) < 4.78 is 4.83. The number of hydrogen-bond donors (Lipinski definition) is 0. The van der Waals surface area contributed by atoms with Gasteiger partial charge in [0, 0.05) is 32.9 Å². The van der Waals surface area contributed by atoms with Gasteiger partial charge in [0.05, 0.1) is 22.1 Å². The van der Waals surface area contributed by atoms with Gasteiger partial charge >= 0.3 is 0 Å². The highest BCUT2D eigenvalue weighted by Crippen LogP contribution is 2.39. The van der Waals surface area contributed by atoms with Gasteiger partial charge in [-0.1, -0.05) is 176 Å². The lowest BCUT2D eigenvalue weighted by Crippen LogP contribution is -1.94. The third-order valence-electron chi connectivity index (χ3n) is 12.5. The Balaban J connectivity index is 0.929. The second-order valence-corrected chi connectivity index (χ2v) is 16.2. The molecule has 0 fully saturated rings. The van der Waals surface area contributed by atoms with Crippen LogP contribution in [0.5, 0.6) is 0 Å². The molecule has 2 nitrogen and oxygen atoms in total. The quantitative estimate of drug-likeness (QED) is 0.152. The van der Waals surface area contributed by atoms with Crippen LogP contribution in [0.15, 0.2) is 243 Å². The number of nitrogens with zero attached hydrogens (tertiary/aromatic N) is 2. The molecule has 0 aliphatic rings. The van der Waals surface area contributed by atoms with Crippen LogP contribution in [-0.4, -0.2) is 9.13 Å². The van der Waals surface area contributed by atoms with Crippen molar-refractivity contribution in [3.8, 4) is 67.0 Å². The molecule has 12 aromatic rings. The summed E-state index contributed by atoms with van der Waals surface area (Å²) in [5.74, 6) is 0. The first-order valence-electron chi connectivity index (χ1n) is 21.3. The molecule has 12 rings (SSSR count). The van der Waals surface area contributed by atoms with Crippen molar-refractivity contribution in [3.05, 3.63) is 243 Å². The zero-order valence-corrected chi connectivity index (χ0v) is 34.0. The van der Waals surface area contributed by atoms with Crippen molar-refractivity contribution >= 4 is 43.6 Å². The molecule has 0 amide bonds. The lowest BCUT2D eigenvalue weighted by Gasteiger charge is -2.12. The minimum Gasteiger partial charge on any atom is -0.309 e. The van der Waals surface area contributed by atoms with Crippen molar-refractivity contribution < 1.29 is 0 Å². The van der Waals surface area contributed by atoms with Gasteiger partial charge in [-0.25, -0.2) is 0 Å². The summed E-state index contributed by atoms with van der Waals surface area (Å²) in [5.41, 5.74) is 19.2. The highest BCUT2D eigenvalue weighted by atomic mass is 15.0. The van der Waals surface area contributed by atoms with E-state index in [9.17, 15) is 0 Å². The normalized spacial score (nSPS) is 11.5. The Morgan fingerprint density at radius 1 is 0.177 bits per heavy atom. The molecule has 2 heteroatoms. The maximum atomic E-state index is 2.42. The van der Waals surface area contributed by atoms with E-state index in [0.29, 0.717) is 0 Å². The molecule has 0 unspecified atom stereocenters. The number of para-hydroxylation sites is 2. The molecular weight excluding hydrogens is 749 g/mol. The fraction of sp³-hybridized carbons (Fsp3) is 0. The second kappa shape index (κ2) is 14.8. The van der Waals surface area contributed by atoms with Gasteiger partial charge in [-0.2, -0.15) is 0 Å². The fourth-order valence-electron chi connectivity index (χ4n) is 9.51. The second-order valence-electron chi connectivity index (χ2n) is 16.2. The zero-order chi connectivity index (χ0) is 41.0. The van der Waals surface area contributed by atoms with Crippen molar-refractivity contribution in [1.29, 1.82) is 0 Å². The zero-order valence-electron chi connectivity index (χ0n) is 34.0. The van der Waals surface area contributed by atoms with E-state index >= 15 is 0 Å². The topological polar surface area (TPSA) is 9.86 Å². The average molecular weight is 789 g/mol. The predicted octanol–water partition coefficient (Wildman–Crippen LogP) is 16.2. The van der Waals surface area contributed by atoms with E-state index in [0.717, 1.165) is 11.4 Å². The Morgan fingerprint density at radius 3 is 1.00 bits per heavy atom. The van der Waals surface area contributed by atoms with E-state index in [1.165, 1.54) is 99.2 Å². The van der Waals surface area contributed by atoms with E-state index in [2.05, 4.69) is 252 Å². The molecule has 0 saturated heterocycles. The van der Waals surface area contributed by atoms with Gasteiger partial charge in [-0.05, 0) is 122 Å². The van der Waals surface area contributed by atoms with Crippen LogP contribution in [0.25, 0.3) is 111 Å². The van der Waals surface area contributed by atoms with Crippen LogP contribution in [0.4, 0.5) is 0 Å². The average Bonchev–Trinajstić information content (AvgIpc) is 3.87. The van der Waals surface area contributed by atoms with E-state index in [1.807, 2.05) is 0 Å². The van der Waals surface area contributed by atoms with E-state index in [1.54, 1.807) is 0 Å². The molecule has 0 atom stereocenters. The number of rotatable bonds is 7. The van der Waals surface area contributed by atoms with Crippen molar-refractivity contribution in [2.75, 3.05) is 0 Å². The fourth-order valence-corrected chi connectivity index (χ4v) is 9.51. The molecule has 10 aromatic carbocycles. The molecule has 0 bridgehead atoms. The van der Waals surface area contributed by atoms with Gasteiger partial charge in [0.25, 0.3) is 0 Å². The van der Waals surface area contributed by atoms with Crippen molar-refractivity contribution in [2.45, 2.75) is 0 Å². The largest absolute Gasteiger partial charge is 0.309 e. The smallest absolute Gasteiger partial charge is 0.0541 e. The Labute approximate surface area is 360 Å². The molecule has 0 saturated carbocycles. The maximum absolute atomic E-state index is 2.42. The summed E-state index contributed by atoms with van der Waals surface area (Å²) in [5, 5.41) is 4.97. The molecule has 0 radical (unpaired) electrons. The van der Waals surface area contributed by atoms with Crippen molar-refractivity contribution in [2.24, 2.45) is 0 Å². The molecule has 0 N–H and O–H groups in total. The molecule has 290 valence electrons. The molecule has 0 aliphatic carbocycles. The molecular formula is C60H40N2. The molecule has 2 aromatic heterocycles. The van der Waals surface area contributed by atoms with Crippen LogP contribution in [-0.2, 0) is 0 Å². The summed E-state index contributed by atoms with van der Waals surface area (Å²) in [4.78, 5) is 0. The van der Waals surface area contributed by atoms with E-state index < -0.39 is 0 Å². The van der Waals surface area contributed by atoms with Gasteiger partial charge in [0.2, 0.25) is 0 Å². The molecule has 0 spiro atoms. The van der Waals surface area contributed by atoms with Crippen LogP contribution in [0.1, 0.15) is 0 Å². The number of aromatic nitrogens is 2. The summed E-state index contributed by atoms with van der Waals surface area (Å²) in [7, 11) is 0. The Bertz CT molecular complexity index is 3610. The SMILES string of the molecule is c1ccc(-c2ccc(-c3cccc(-n4c5ccccc5c5cc(-c6ccc7c(c6)c6ccccc6n7-c6cccc(-c7cccc(-c8ccccc8)c7)c6)ccc54)c3)cc2)cc1. The van der Waals surface area contributed by atoms with Gasteiger partial charge in [0.1, 0.15) is 0 Å².